The van der Waals surface area contributed by atoms with E-state index < -0.39 is 36.5 Å². The lowest BCUT2D eigenvalue weighted by Crippen LogP contribution is -2.42. The predicted octanol–water partition coefficient (Wildman–Crippen LogP) is 4.00. The summed E-state index contributed by atoms with van der Waals surface area (Å²) in [7, 11) is 0. The van der Waals surface area contributed by atoms with Crippen molar-refractivity contribution in [3.8, 4) is 5.75 Å². The molecule has 11 heteroatoms. The van der Waals surface area contributed by atoms with Crippen molar-refractivity contribution in [2.75, 3.05) is 11.9 Å². The van der Waals surface area contributed by atoms with E-state index in [-0.39, 0.29) is 16.5 Å². The van der Waals surface area contributed by atoms with Crippen LogP contribution in [0.2, 0.25) is 10.0 Å². The minimum absolute atomic E-state index is 0.0293. The maximum absolute atomic E-state index is 12.9. The fraction of sp³-hybridized carbons (Fsp3) is 0.211. The molecule has 0 saturated carbocycles. The number of rotatable bonds is 6. The lowest BCUT2D eigenvalue weighted by atomic mass is 9.92. The Bertz CT molecular complexity index is 1020. The molecule has 1 heterocycles. The first-order chi connectivity index (χ1) is 14.1. The Morgan fingerprint density at radius 3 is 2.60 bits per heavy atom. The average Bonchev–Trinajstić information content (AvgIpc) is 2.86. The molecule has 158 valence electrons. The highest BCUT2D eigenvalue weighted by Crippen LogP contribution is 2.35. The second kappa shape index (κ2) is 8.45. The smallest absolute Gasteiger partial charge is 0.387 e. The fourth-order valence-corrected chi connectivity index (χ4v) is 3.62. The summed E-state index contributed by atoms with van der Waals surface area (Å²) in [5.74, 6) is -1.74. The number of hydrogen-bond donors (Lipinski definition) is 2. The summed E-state index contributed by atoms with van der Waals surface area (Å²) in [6.45, 7) is -2.28. The molecule has 7 nitrogen and oxygen atoms in total. The van der Waals surface area contributed by atoms with Crippen molar-refractivity contribution in [2.45, 2.75) is 19.1 Å². The number of para-hydroxylation sites is 2. The highest BCUT2D eigenvalue weighted by atomic mass is 35.5. The number of ether oxygens (including phenoxy) is 1. The van der Waals surface area contributed by atoms with Crippen LogP contribution in [0.25, 0.3) is 0 Å². The van der Waals surface area contributed by atoms with E-state index in [1.807, 2.05) is 0 Å². The van der Waals surface area contributed by atoms with Crippen LogP contribution in [0.4, 0.5) is 19.3 Å². The zero-order valence-electron chi connectivity index (χ0n) is 15.4. The Labute approximate surface area is 179 Å². The summed E-state index contributed by atoms with van der Waals surface area (Å²) in [5.41, 5.74) is -1.22. The van der Waals surface area contributed by atoms with Gasteiger partial charge in [-0.3, -0.25) is 14.5 Å². The number of hydrogen-bond acceptors (Lipinski definition) is 4. The third-order valence-electron chi connectivity index (χ3n) is 4.42. The second-order valence-electron chi connectivity index (χ2n) is 6.49. The summed E-state index contributed by atoms with van der Waals surface area (Å²) in [5, 5.41) is 5.40. The van der Waals surface area contributed by atoms with E-state index in [4.69, 9.17) is 23.2 Å². The van der Waals surface area contributed by atoms with Crippen LogP contribution in [0, 0.1) is 0 Å². The Morgan fingerprint density at radius 2 is 1.93 bits per heavy atom. The molecular formula is C19H15Cl2F2N3O4. The number of anilines is 1. The number of carbonyl (C=O) groups is 3. The van der Waals surface area contributed by atoms with Crippen LogP contribution >= 0.6 is 23.2 Å². The van der Waals surface area contributed by atoms with Crippen LogP contribution in [-0.2, 0) is 15.1 Å². The van der Waals surface area contributed by atoms with Crippen molar-refractivity contribution in [1.29, 1.82) is 0 Å². The molecular weight excluding hydrogens is 443 g/mol. The minimum atomic E-state index is -3.08. The van der Waals surface area contributed by atoms with Crippen molar-refractivity contribution in [3.05, 3.63) is 58.1 Å². The van der Waals surface area contributed by atoms with E-state index in [9.17, 15) is 23.2 Å². The molecule has 2 aromatic carbocycles. The van der Waals surface area contributed by atoms with Gasteiger partial charge >= 0.3 is 12.6 Å². The number of amides is 4. The number of benzene rings is 2. The number of nitrogens with one attached hydrogen (secondary N) is 2. The van der Waals surface area contributed by atoms with Crippen molar-refractivity contribution >= 4 is 46.7 Å². The van der Waals surface area contributed by atoms with Crippen LogP contribution < -0.4 is 15.4 Å². The van der Waals surface area contributed by atoms with Gasteiger partial charge < -0.3 is 15.4 Å². The third-order valence-corrected chi connectivity index (χ3v) is 4.97. The van der Waals surface area contributed by atoms with Gasteiger partial charge in [-0.05, 0) is 31.2 Å². The van der Waals surface area contributed by atoms with Crippen LogP contribution in [-0.4, -0.2) is 35.9 Å². The first-order valence-electron chi connectivity index (χ1n) is 8.55. The lowest BCUT2D eigenvalue weighted by Gasteiger charge is -2.23. The van der Waals surface area contributed by atoms with Gasteiger partial charge in [0.25, 0.3) is 5.91 Å². The predicted molar refractivity (Wildman–Crippen MR) is 106 cm³/mol. The molecule has 0 aromatic heterocycles. The largest absolute Gasteiger partial charge is 0.433 e. The maximum atomic E-state index is 12.9. The Balaban J connectivity index is 1.77. The normalized spacial score (nSPS) is 18.5. The molecule has 0 radical (unpaired) electrons. The van der Waals surface area contributed by atoms with Gasteiger partial charge in [-0.25, -0.2) is 4.79 Å². The first-order valence-corrected chi connectivity index (χ1v) is 9.30. The number of urea groups is 1. The molecule has 1 aliphatic heterocycles. The van der Waals surface area contributed by atoms with E-state index in [0.29, 0.717) is 15.5 Å². The van der Waals surface area contributed by atoms with E-state index in [2.05, 4.69) is 15.4 Å². The van der Waals surface area contributed by atoms with Crippen molar-refractivity contribution in [3.63, 3.8) is 0 Å². The summed E-state index contributed by atoms with van der Waals surface area (Å²) in [6.07, 6.45) is 0. The molecule has 2 N–H and O–H groups in total. The number of halogens is 4. The van der Waals surface area contributed by atoms with E-state index in [1.165, 1.54) is 49.4 Å². The van der Waals surface area contributed by atoms with Gasteiger partial charge in [-0.15, -0.1) is 0 Å². The highest BCUT2D eigenvalue weighted by molar-refractivity contribution is 6.35. The van der Waals surface area contributed by atoms with Gasteiger partial charge in [0.05, 0.1) is 5.69 Å². The van der Waals surface area contributed by atoms with Gasteiger partial charge in [-0.1, -0.05) is 41.4 Å². The molecule has 2 aromatic rings. The van der Waals surface area contributed by atoms with Crippen LogP contribution in [0.15, 0.2) is 42.5 Å². The molecule has 3 rings (SSSR count). The molecule has 0 unspecified atom stereocenters. The van der Waals surface area contributed by atoms with Crippen LogP contribution in [0.3, 0.4) is 0 Å². The molecule has 1 fully saturated rings. The van der Waals surface area contributed by atoms with E-state index >= 15 is 0 Å². The third kappa shape index (κ3) is 4.31. The Hall–Kier alpha value is -2.91. The minimum Gasteiger partial charge on any atom is -0.433 e. The van der Waals surface area contributed by atoms with Crippen LogP contribution in [0.1, 0.15) is 12.5 Å². The Morgan fingerprint density at radius 1 is 1.23 bits per heavy atom. The molecule has 1 aliphatic rings. The molecule has 1 atom stereocenters. The number of alkyl halides is 2. The average molecular weight is 458 g/mol. The van der Waals surface area contributed by atoms with Gasteiger partial charge in [0.1, 0.15) is 17.8 Å². The zero-order chi connectivity index (χ0) is 22.1. The van der Waals surface area contributed by atoms with Gasteiger partial charge in [0.15, 0.2) is 0 Å². The summed E-state index contributed by atoms with van der Waals surface area (Å²) >= 11 is 12.0. The molecule has 0 spiro atoms. The van der Waals surface area contributed by atoms with E-state index in [1.54, 1.807) is 0 Å². The molecule has 30 heavy (non-hydrogen) atoms. The lowest BCUT2D eigenvalue weighted by molar-refractivity contribution is -0.133. The standard InChI is InChI=1S/C19H15Cl2F2N3O4/c1-19(11-7-6-10(20)8-12(11)21)16(28)26(18(29)25-19)9-15(27)24-13-4-2-3-5-14(13)30-17(22)23/h2-8,17H,9H2,1H3,(H,24,27)(H,25,29)/t19-/m0/s1. The second-order valence-corrected chi connectivity index (χ2v) is 7.34. The zero-order valence-corrected chi connectivity index (χ0v) is 16.9. The summed E-state index contributed by atoms with van der Waals surface area (Å²) in [4.78, 5) is 38.4. The van der Waals surface area contributed by atoms with Crippen molar-refractivity contribution in [2.24, 2.45) is 0 Å². The first kappa shape index (κ1) is 21.8. The highest BCUT2D eigenvalue weighted by Gasteiger charge is 2.50. The van der Waals surface area contributed by atoms with Crippen LogP contribution in [0.5, 0.6) is 5.75 Å². The molecule has 0 aliphatic carbocycles. The van der Waals surface area contributed by atoms with Gasteiger partial charge in [0.2, 0.25) is 5.91 Å². The summed E-state index contributed by atoms with van der Waals surface area (Å²) < 4.78 is 29.4. The molecule has 4 amide bonds. The maximum Gasteiger partial charge on any atom is 0.387 e. The van der Waals surface area contributed by atoms with Gasteiger partial charge in [-0.2, -0.15) is 8.78 Å². The van der Waals surface area contributed by atoms with Crippen molar-refractivity contribution in [1.82, 2.24) is 10.2 Å². The SMILES string of the molecule is C[C@@]1(c2ccc(Cl)cc2Cl)NC(=O)N(CC(=O)Nc2ccccc2OC(F)F)C1=O. The Kier molecular flexibility index (Phi) is 6.14. The molecule has 0 bridgehead atoms. The number of imide groups is 1. The molecule has 1 saturated heterocycles. The monoisotopic (exact) mass is 457 g/mol. The van der Waals surface area contributed by atoms with Gasteiger partial charge in [0, 0.05) is 15.6 Å². The quantitative estimate of drug-likeness (QED) is 0.641. The fourth-order valence-electron chi connectivity index (χ4n) is 3.02. The number of nitrogens with zero attached hydrogens (tertiary/aromatic N) is 1. The van der Waals surface area contributed by atoms with E-state index in [0.717, 1.165) is 0 Å². The number of carbonyl (C=O) groups excluding carboxylic acids is 3. The summed E-state index contributed by atoms with van der Waals surface area (Å²) in [6, 6.07) is 9.19. The topological polar surface area (TPSA) is 87.7 Å². The van der Waals surface area contributed by atoms with Crippen molar-refractivity contribution < 1.29 is 27.9 Å².